The van der Waals surface area contributed by atoms with E-state index >= 15 is 0 Å². The predicted molar refractivity (Wildman–Crippen MR) is 80.9 cm³/mol. The smallest absolute Gasteiger partial charge is 0.252 e. The zero-order valence-electron chi connectivity index (χ0n) is 12.1. The first kappa shape index (κ1) is 15.4. The van der Waals surface area contributed by atoms with E-state index in [2.05, 4.69) is 21.2 Å². The molecule has 5 heteroatoms. The zero-order chi connectivity index (χ0) is 15.3. The van der Waals surface area contributed by atoms with E-state index in [4.69, 9.17) is 5.73 Å². The van der Waals surface area contributed by atoms with E-state index in [1.165, 1.54) is 12.1 Å². The molecule has 0 aromatic heterocycles. The van der Waals surface area contributed by atoms with E-state index in [0.717, 1.165) is 0 Å². The molecule has 0 spiro atoms. The summed E-state index contributed by atoms with van der Waals surface area (Å²) >= 11 is 3.12. The molecule has 1 saturated carbocycles. The Hall–Kier alpha value is -0.940. The molecule has 1 amide bonds. The Bertz CT molecular complexity index is 541. The Balaban J connectivity index is 2.23. The van der Waals surface area contributed by atoms with Crippen molar-refractivity contribution in [1.29, 1.82) is 0 Å². The third-order valence-corrected chi connectivity index (χ3v) is 5.37. The molecule has 110 valence electrons. The summed E-state index contributed by atoms with van der Waals surface area (Å²) in [6.45, 7) is 8.14. The molecular formula is C15H20BrFN2O. The van der Waals surface area contributed by atoms with E-state index in [9.17, 15) is 9.18 Å². The van der Waals surface area contributed by atoms with Gasteiger partial charge >= 0.3 is 0 Å². The number of carbonyl (C=O) groups excluding carboxylic acids is 1. The maximum absolute atomic E-state index is 13.5. The average Bonchev–Trinajstić information content (AvgIpc) is 2.37. The van der Waals surface area contributed by atoms with Gasteiger partial charge in [0.25, 0.3) is 5.91 Å². The number of rotatable bonds is 2. The van der Waals surface area contributed by atoms with Crippen molar-refractivity contribution in [2.24, 2.45) is 16.6 Å². The topological polar surface area (TPSA) is 55.1 Å². The highest BCUT2D eigenvalue weighted by molar-refractivity contribution is 9.10. The second kappa shape index (κ2) is 4.81. The van der Waals surface area contributed by atoms with Crippen LogP contribution in [0.1, 0.15) is 38.1 Å². The number of hydrogen-bond acceptors (Lipinski definition) is 2. The van der Waals surface area contributed by atoms with Gasteiger partial charge in [0.15, 0.2) is 0 Å². The van der Waals surface area contributed by atoms with Crippen LogP contribution in [0.3, 0.4) is 0 Å². The van der Waals surface area contributed by atoms with E-state index < -0.39 is 5.82 Å². The third-order valence-electron chi connectivity index (χ3n) is 4.56. The van der Waals surface area contributed by atoms with Crippen molar-refractivity contribution in [1.82, 2.24) is 5.32 Å². The summed E-state index contributed by atoms with van der Waals surface area (Å²) in [5.74, 6) is -0.726. The SMILES string of the molecule is CC1(C)C(N)C(C)(C)C1NC(=O)c1cccc(F)c1Br. The summed E-state index contributed by atoms with van der Waals surface area (Å²) < 4.78 is 13.7. The first-order valence-electron chi connectivity index (χ1n) is 6.60. The summed E-state index contributed by atoms with van der Waals surface area (Å²) in [5.41, 5.74) is 6.11. The summed E-state index contributed by atoms with van der Waals surface area (Å²) in [7, 11) is 0. The van der Waals surface area contributed by atoms with Crippen LogP contribution in [-0.2, 0) is 0 Å². The maximum Gasteiger partial charge on any atom is 0.252 e. The molecule has 1 aliphatic carbocycles. The van der Waals surface area contributed by atoms with Crippen molar-refractivity contribution in [3.63, 3.8) is 0 Å². The van der Waals surface area contributed by atoms with E-state index in [1.54, 1.807) is 6.07 Å². The van der Waals surface area contributed by atoms with Crippen molar-refractivity contribution in [3.05, 3.63) is 34.1 Å². The molecule has 0 aliphatic heterocycles. The number of nitrogens with two attached hydrogens (primary N) is 1. The fraction of sp³-hybridized carbons (Fsp3) is 0.533. The molecule has 1 aromatic rings. The molecule has 0 bridgehead atoms. The highest BCUT2D eigenvalue weighted by Crippen LogP contribution is 2.52. The molecule has 0 saturated heterocycles. The first-order chi connectivity index (χ1) is 9.10. The highest BCUT2D eigenvalue weighted by atomic mass is 79.9. The van der Waals surface area contributed by atoms with E-state index in [1.807, 2.05) is 27.7 Å². The minimum atomic E-state index is -0.443. The molecule has 20 heavy (non-hydrogen) atoms. The molecular weight excluding hydrogens is 323 g/mol. The molecule has 1 aromatic carbocycles. The summed E-state index contributed by atoms with van der Waals surface area (Å²) in [6, 6.07) is 4.40. The standard InChI is InChI=1S/C15H20BrFN2O/c1-14(2)12(18)15(3,4)13(14)19-11(20)8-6-5-7-9(17)10(8)16/h5-7,12-13H,18H2,1-4H3,(H,19,20). The molecule has 3 N–H and O–H groups in total. The number of benzene rings is 1. The van der Waals surface area contributed by atoms with E-state index in [-0.39, 0.29) is 33.3 Å². The highest BCUT2D eigenvalue weighted by Gasteiger charge is 2.60. The molecule has 2 rings (SSSR count). The number of nitrogens with one attached hydrogen (secondary N) is 1. The van der Waals surface area contributed by atoms with Gasteiger partial charge in [-0.05, 0) is 28.1 Å². The van der Waals surface area contributed by atoms with Crippen molar-refractivity contribution >= 4 is 21.8 Å². The minimum absolute atomic E-state index is 0.0104. The Morgan fingerprint density at radius 3 is 2.40 bits per heavy atom. The zero-order valence-corrected chi connectivity index (χ0v) is 13.7. The number of carbonyl (C=O) groups is 1. The molecule has 0 heterocycles. The van der Waals surface area contributed by atoms with Gasteiger partial charge in [-0.25, -0.2) is 4.39 Å². The lowest BCUT2D eigenvalue weighted by Crippen LogP contribution is -2.76. The largest absolute Gasteiger partial charge is 0.348 e. The second-order valence-corrected chi connectivity index (χ2v) is 7.42. The second-order valence-electron chi connectivity index (χ2n) is 6.63. The van der Waals surface area contributed by atoms with E-state index in [0.29, 0.717) is 5.56 Å². The lowest BCUT2D eigenvalue weighted by atomic mass is 9.48. The van der Waals surface area contributed by atoms with Crippen molar-refractivity contribution in [3.8, 4) is 0 Å². The average molecular weight is 343 g/mol. The van der Waals surface area contributed by atoms with Crippen LogP contribution in [0.25, 0.3) is 0 Å². The van der Waals surface area contributed by atoms with Gasteiger partial charge in [-0.2, -0.15) is 0 Å². The van der Waals surface area contributed by atoms with Gasteiger partial charge in [0.2, 0.25) is 0 Å². The Morgan fingerprint density at radius 2 is 1.85 bits per heavy atom. The quantitative estimate of drug-likeness (QED) is 0.867. The predicted octanol–water partition coefficient (Wildman–Crippen LogP) is 3.08. The Labute approximate surface area is 127 Å². The van der Waals surface area contributed by atoms with Crippen LogP contribution in [0.4, 0.5) is 4.39 Å². The maximum atomic E-state index is 13.5. The van der Waals surface area contributed by atoms with Crippen molar-refractivity contribution in [2.75, 3.05) is 0 Å². The van der Waals surface area contributed by atoms with Gasteiger partial charge in [0, 0.05) is 22.9 Å². The van der Waals surface area contributed by atoms with Crippen molar-refractivity contribution < 1.29 is 9.18 Å². The fourth-order valence-corrected chi connectivity index (χ4v) is 3.88. The van der Waals surface area contributed by atoms with Crippen LogP contribution >= 0.6 is 15.9 Å². The third kappa shape index (κ3) is 2.17. The molecule has 0 atom stereocenters. The molecule has 0 unspecified atom stereocenters. The van der Waals surface area contributed by atoms with Gasteiger partial charge in [0.1, 0.15) is 5.82 Å². The van der Waals surface area contributed by atoms with Crippen LogP contribution in [0, 0.1) is 16.6 Å². The molecule has 3 nitrogen and oxygen atoms in total. The van der Waals surface area contributed by atoms with Crippen LogP contribution in [0.5, 0.6) is 0 Å². The lowest BCUT2D eigenvalue weighted by Gasteiger charge is -2.62. The van der Waals surface area contributed by atoms with Gasteiger partial charge in [0.05, 0.1) is 10.0 Å². The number of halogens is 2. The van der Waals surface area contributed by atoms with Gasteiger partial charge in [-0.1, -0.05) is 33.8 Å². The normalized spacial score (nSPS) is 26.8. The lowest BCUT2D eigenvalue weighted by molar-refractivity contribution is -0.0663. The summed E-state index contributed by atoms with van der Waals surface area (Å²) in [6.07, 6.45) is 0. The number of hydrogen-bond donors (Lipinski definition) is 2. The monoisotopic (exact) mass is 342 g/mol. The minimum Gasteiger partial charge on any atom is -0.348 e. The van der Waals surface area contributed by atoms with Crippen LogP contribution in [0.15, 0.2) is 22.7 Å². The van der Waals surface area contributed by atoms with Crippen LogP contribution < -0.4 is 11.1 Å². The van der Waals surface area contributed by atoms with Gasteiger partial charge in [-0.15, -0.1) is 0 Å². The van der Waals surface area contributed by atoms with Gasteiger partial charge < -0.3 is 11.1 Å². The van der Waals surface area contributed by atoms with Crippen molar-refractivity contribution in [2.45, 2.75) is 39.8 Å². The molecule has 1 aliphatic rings. The van der Waals surface area contributed by atoms with Crippen LogP contribution in [-0.4, -0.2) is 18.0 Å². The molecule has 0 radical (unpaired) electrons. The fourth-order valence-electron chi connectivity index (χ4n) is 3.44. The Morgan fingerprint density at radius 1 is 1.30 bits per heavy atom. The first-order valence-corrected chi connectivity index (χ1v) is 7.40. The summed E-state index contributed by atoms with van der Waals surface area (Å²) in [5, 5.41) is 3.00. The van der Waals surface area contributed by atoms with Gasteiger partial charge in [-0.3, -0.25) is 4.79 Å². The van der Waals surface area contributed by atoms with Crippen LogP contribution in [0.2, 0.25) is 0 Å². The summed E-state index contributed by atoms with van der Waals surface area (Å²) in [4.78, 5) is 12.4. The Kier molecular flexibility index (Phi) is 3.71. The molecule has 1 fully saturated rings. The number of amides is 1.